The zero-order valence-electron chi connectivity index (χ0n) is 19.2. The summed E-state index contributed by atoms with van der Waals surface area (Å²) in [6, 6.07) is 15.4. The topological polar surface area (TPSA) is 58.6 Å². The highest BCUT2D eigenvalue weighted by Crippen LogP contribution is 2.19. The van der Waals surface area contributed by atoms with Crippen molar-refractivity contribution in [2.45, 2.75) is 58.5 Å². The lowest BCUT2D eigenvalue weighted by atomic mass is 10.1. The molecule has 0 radical (unpaired) electrons. The fraction of sp³-hybridized carbons (Fsp3) is 0.440. The van der Waals surface area contributed by atoms with Gasteiger partial charge < -0.3 is 15.0 Å². The summed E-state index contributed by atoms with van der Waals surface area (Å²) in [6.07, 6.45) is 0.849. The first-order valence-corrected chi connectivity index (χ1v) is 11.9. The van der Waals surface area contributed by atoms with Crippen molar-refractivity contribution in [3.63, 3.8) is 0 Å². The standard InChI is InChI=1S/C25H34N2O3S/c1-6-19(3)26-25(29)20(4)27(15-22-10-8-7-9-18(22)2)24(28)17-31-16-21-11-13-23(30-5)14-12-21/h7-14,19-20H,6,15-17H2,1-5H3,(H,26,29). The van der Waals surface area contributed by atoms with Crippen LogP contribution >= 0.6 is 11.8 Å². The van der Waals surface area contributed by atoms with Crippen molar-refractivity contribution in [3.8, 4) is 5.75 Å². The number of amides is 2. The van der Waals surface area contributed by atoms with Gasteiger partial charge in [-0.3, -0.25) is 9.59 Å². The summed E-state index contributed by atoms with van der Waals surface area (Å²) in [5.74, 6) is 1.71. The Hall–Kier alpha value is -2.47. The number of rotatable bonds is 11. The number of aryl methyl sites for hydroxylation is 1. The fourth-order valence-electron chi connectivity index (χ4n) is 3.08. The third kappa shape index (κ3) is 7.62. The smallest absolute Gasteiger partial charge is 0.242 e. The molecule has 2 unspecified atom stereocenters. The van der Waals surface area contributed by atoms with Crippen molar-refractivity contribution >= 4 is 23.6 Å². The van der Waals surface area contributed by atoms with Crippen LogP contribution in [0.15, 0.2) is 48.5 Å². The SMILES string of the molecule is CCC(C)NC(=O)C(C)N(Cc1ccccc1C)C(=O)CSCc1ccc(OC)cc1. The summed E-state index contributed by atoms with van der Waals surface area (Å²) in [5, 5.41) is 3.01. The van der Waals surface area contributed by atoms with Crippen LogP contribution in [0, 0.1) is 6.92 Å². The molecule has 31 heavy (non-hydrogen) atoms. The van der Waals surface area contributed by atoms with E-state index in [0.29, 0.717) is 12.3 Å². The van der Waals surface area contributed by atoms with E-state index in [4.69, 9.17) is 4.74 Å². The second-order valence-corrected chi connectivity index (χ2v) is 8.77. The lowest BCUT2D eigenvalue weighted by Crippen LogP contribution is -2.50. The molecule has 0 aliphatic carbocycles. The van der Waals surface area contributed by atoms with E-state index < -0.39 is 6.04 Å². The third-order valence-electron chi connectivity index (χ3n) is 5.42. The summed E-state index contributed by atoms with van der Waals surface area (Å²) in [5.41, 5.74) is 3.30. The van der Waals surface area contributed by atoms with E-state index in [2.05, 4.69) is 5.32 Å². The molecular weight excluding hydrogens is 408 g/mol. The molecule has 0 spiro atoms. The van der Waals surface area contributed by atoms with Gasteiger partial charge in [-0.1, -0.05) is 43.3 Å². The summed E-state index contributed by atoms with van der Waals surface area (Å²) in [7, 11) is 1.64. The molecule has 2 rings (SSSR count). The van der Waals surface area contributed by atoms with Crippen molar-refractivity contribution in [1.82, 2.24) is 10.2 Å². The summed E-state index contributed by atoms with van der Waals surface area (Å²) < 4.78 is 5.19. The van der Waals surface area contributed by atoms with Gasteiger partial charge in [0.05, 0.1) is 12.9 Å². The highest BCUT2D eigenvalue weighted by Gasteiger charge is 2.27. The van der Waals surface area contributed by atoms with Crippen molar-refractivity contribution in [3.05, 3.63) is 65.2 Å². The molecule has 0 aliphatic rings. The Morgan fingerprint density at radius 3 is 2.39 bits per heavy atom. The van der Waals surface area contributed by atoms with E-state index in [-0.39, 0.29) is 17.9 Å². The molecule has 0 aliphatic heterocycles. The Morgan fingerprint density at radius 2 is 1.77 bits per heavy atom. The van der Waals surface area contributed by atoms with E-state index in [1.165, 1.54) is 0 Å². The monoisotopic (exact) mass is 442 g/mol. The van der Waals surface area contributed by atoms with Crippen LogP contribution < -0.4 is 10.1 Å². The second-order valence-electron chi connectivity index (χ2n) is 7.78. The maximum absolute atomic E-state index is 13.2. The maximum atomic E-state index is 13.2. The number of nitrogens with zero attached hydrogens (tertiary/aromatic N) is 1. The van der Waals surface area contributed by atoms with E-state index in [9.17, 15) is 9.59 Å². The van der Waals surface area contributed by atoms with Gasteiger partial charge in [-0.2, -0.15) is 0 Å². The Kier molecular flexibility index (Phi) is 9.92. The van der Waals surface area contributed by atoms with Gasteiger partial charge in [0.15, 0.2) is 0 Å². The quantitative estimate of drug-likeness (QED) is 0.554. The Bertz CT molecular complexity index is 854. The molecule has 6 heteroatoms. The summed E-state index contributed by atoms with van der Waals surface area (Å²) in [4.78, 5) is 27.6. The van der Waals surface area contributed by atoms with Crippen LogP contribution in [0.2, 0.25) is 0 Å². The number of methoxy groups -OCH3 is 1. The van der Waals surface area contributed by atoms with Gasteiger partial charge in [0.1, 0.15) is 11.8 Å². The highest BCUT2D eigenvalue weighted by molar-refractivity contribution is 7.99. The van der Waals surface area contributed by atoms with Crippen LogP contribution in [0.4, 0.5) is 0 Å². The number of carbonyl (C=O) groups excluding carboxylic acids is 2. The fourth-order valence-corrected chi connectivity index (χ4v) is 3.95. The molecule has 5 nitrogen and oxygen atoms in total. The molecule has 0 fully saturated rings. The molecule has 1 N–H and O–H groups in total. The number of hydrogen-bond donors (Lipinski definition) is 1. The van der Waals surface area contributed by atoms with Crippen LogP contribution in [0.25, 0.3) is 0 Å². The van der Waals surface area contributed by atoms with E-state index in [1.807, 2.05) is 76.2 Å². The van der Waals surface area contributed by atoms with Crippen molar-refractivity contribution < 1.29 is 14.3 Å². The average Bonchev–Trinajstić information content (AvgIpc) is 2.78. The lowest BCUT2D eigenvalue weighted by molar-refractivity contribution is -0.138. The predicted octanol–water partition coefficient (Wildman–Crippen LogP) is 4.57. The number of nitrogens with one attached hydrogen (secondary N) is 1. The number of hydrogen-bond acceptors (Lipinski definition) is 4. The minimum Gasteiger partial charge on any atom is -0.497 e. The number of thioether (sulfide) groups is 1. The van der Waals surface area contributed by atoms with Gasteiger partial charge in [0.25, 0.3) is 0 Å². The molecule has 0 heterocycles. The predicted molar refractivity (Wildman–Crippen MR) is 128 cm³/mol. The highest BCUT2D eigenvalue weighted by atomic mass is 32.2. The molecule has 0 aromatic heterocycles. The number of carbonyl (C=O) groups is 2. The molecule has 168 valence electrons. The van der Waals surface area contributed by atoms with Gasteiger partial charge in [0.2, 0.25) is 11.8 Å². The first-order valence-electron chi connectivity index (χ1n) is 10.7. The van der Waals surface area contributed by atoms with Gasteiger partial charge in [0, 0.05) is 18.3 Å². The molecule has 0 bridgehead atoms. The Labute approximate surface area is 190 Å². The zero-order valence-corrected chi connectivity index (χ0v) is 20.0. The first-order chi connectivity index (χ1) is 14.8. The van der Waals surface area contributed by atoms with Crippen LogP contribution in [0.5, 0.6) is 5.75 Å². The summed E-state index contributed by atoms with van der Waals surface area (Å²) >= 11 is 1.55. The first kappa shape index (κ1) is 24.8. The molecule has 2 atom stereocenters. The van der Waals surface area contributed by atoms with E-state index in [0.717, 1.165) is 34.6 Å². The summed E-state index contributed by atoms with van der Waals surface area (Å²) in [6.45, 7) is 8.26. The van der Waals surface area contributed by atoms with Crippen molar-refractivity contribution in [1.29, 1.82) is 0 Å². The molecule has 2 aromatic carbocycles. The van der Waals surface area contributed by atoms with Gasteiger partial charge in [-0.25, -0.2) is 0 Å². The molecule has 0 saturated carbocycles. The maximum Gasteiger partial charge on any atom is 0.242 e. The molecule has 2 aromatic rings. The normalized spacial score (nSPS) is 12.7. The minimum atomic E-state index is -0.539. The number of ether oxygens (including phenoxy) is 1. The number of benzene rings is 2. The molecular formula is C25H34N2O3S. The Morgan fingerprint density at radius 1 is 1.10 bits per heavy atom. The zero-order chi connectivity index (χ0) is 22.8. The van der Waals surface area contributed by atoms with E-state index >= 15 is 0 Å². The van der Waals surface area contributed by atoms with Gasteiger partial charge in [-0.05, 0) is 56.0 Å². The van der Waals surface area contributed by atoms with Gasteiger partial charge in [-0.15, -0.1) is 11.8 Å². The third-order valence-corrected chi connectivity index (χ3v) is 6.41. The second kappa shape index (κ2) is 12.4. The lowest BCUT2D eigenvalue weighted by Gasteiger charge is -2.30. The van der Waals surface area contributed by atoms with Crippen LogP contribution in [0.1, 0.15) is 43.9 Å². The Balaban J connectivity index is 2.07. The van der Waals surface area contributed by atoms with E-state index in [1.54, 1.807) is 23.8 Å². The van der Waals surface area contributed by atoms with Crippen LogP contribution in [-0.2, 0) is 21.9 Å². The van der Waals surface area contributed by atoms with Crippen LogP contribution in [0.3, 0.4) is 0 Å². The largest absolute Gasteiger partial charge is 0.497 e. The van der Waals surface area contributed by atoms with Crippen molar-refractivity contribution in [2.75, 3.05) is 12.9 Å². The van der Waals surface area contributed by atoms with Crippen LogP contribution in [-0.4, -0.2) is 41.7 Å². The average molecular weight is 443 g/mol. The van der Waals surface area contributed by atoms with Crippen molar-refractivity contribution in [2.24, 2.45) is 0 Å². The molecule has 0 saturated heterocycles. The van der Waals surface area contributed by atoms with Gasteiger partial charge >= 0.3 is 0 Å². The minimum absolute atomic E-state index is 0.0337. The molecule has 2 amide bonds.